The molecule has 1 unspecified atom stereocenters. The van der Waals surface area contributed by atoms with E-state index < -0.39 is 0 Å². The van der Waals surface area contributed by atoms with Gasteiger partial charge in [-0.3, -0.25) is 20.7 Å². The summed E-state index contributed by atoms with van der Waals surface area (Å²) in [5.74, 6) is 1.43. The van der Waals surface area contributed by atoms with Crippen LogP contribution in [0.5, 0.6) is 0 Å². The van der Waals surface area contributed by atoms with Gasteiger partial charge in [-0.1, -0.05) is 0 Å². The lowest BCUT2D eigenvalue weighted by Crippen LogP contribution is -2.63. The van der Waals surface area contributed by atoms with Crippen LogP contribution < -0.4 is 21.7 Å². The fourth-order valence-corrected chi connectivity index (χ4v) is 6.40. The number of amides is 1. The third-order valence-electron chi connectivity index (χ3n) is 8.63. The van der Waals surface area contributed by atoms with E-state index in [0.29, 0.717) is 18.2 Å². The molecule has 2 saturated carbocycles. The molecule has 5 N–H and O–H groups in total. The molecule has 1 amide bonds. The van der Waals surface area contributed by atoms with Gasteiger partial charge in [0.25, 0.3) is 0 Å². The molecule has 0 aromatic heterocycles. The van der Waals surface area contributed by atoms with Crippen molar-refractivity contribution in [1.29, 1.82) is 0 Å². The summed E-state index contributed by atoms with van der Waals surface area (Å²) in [4.78, 5) is 13.8. The van der Waals surface area contributed by atoms with Gasteiger partial charge >= 0.3 is 0 Å². The van der Waals surface area contributed by atoms with Gasteiger partial charge in [-0.15, -0.1) is 0 Å². The zero-order chi connectivity index (χ0) is 23.0. The average molecular weight is 466 g/mol. The van der Waals surface area contributed by atoms with Gasteiger partial charge in [0.05, 0.1) is 24.7 Å². The fourth-order valence-electron chi connectivity index (χ4n) is 6.40. The zero-order valence-electron chi connectivity index (χ0n) is 20.6. The second kappa shape index (κ2) is 12.8. The van der Waals surface area contributed by atoms with Gasteiger partial charge in [0.1, 0.15) is 6.29 Å². The first kappa shape index (κ1) is 25.3. The van der Waals surface area contributed by atoms with Gasteiger partial charge in [-0.2, -0.15) is 0 Å². The van der Waals surface area contributed by atoms with Crippen molar-refractivity contribution in [3.63, 3.8) is 0 Å². The standard InChI is InChI=1S/C25H47N5O3/c1-32-22-8-4-18(5-9-22)20-15-27-25(28-16-20)29-21-6-10-23(11-7-21)33-14-13-30-12-2-3-19(17-30)24(26)31/h18-23,25,27-29H,2-17H2,1H3,(H2,26,31). The molecule has 2 saturated heterocycles. The van der Waals surface area contributed by atoms with Crippen molar-refractivity contribution in [2.24, 2.45) is 23.5 Å². The molecule has 2 aliphatic heterocycles. The minimum Gasteiger partial charge on any atom is -0.381 e. The Labute approximate surface area is 200 Å². The van der Waals surface area contributed by atoms with E-state index in [2.05, 4.69) is 20.9 Å². The van der Waals surface area contributed by atoms with Crippen LogP contribution in [0.15, 0.2) is 0 Å². The Morgan fingerprint density at radius 1 is 0.970 bits per heavy atom. The van der Waals surface area contributed by atoms with E-state index in [1.165, 1.54) is 38.5 Å². The Morgan fingerprint density at radius 2 is 1.67 bits per heavy atom. The van der Waals surface area contributed by atoms with E-state index in [-0.39, 0.29) is 18.1 Å². The molecule has 0 aromatic carbocycles. The summed E-state index contributed by atoms with van der Waals surface area (Å²) in [5, 5.41) is 11.2. The molecule has 2 heterocycles. The quantitative estimate of drug-likeness (QED) is 0.408. The maximum atomic E-state index is 11.4. The number of nitrogens with two attached hydrogens (primary N) is 1. The molecule has 190 valence electrons. The SMILES string of the molecule is COC1CCC(C2CNC(NC3CCC(OCCN4CCCC(C(N)=O)C4)CC3)NC2)CC1. The van der Waals surface area contributed by atoms with Gasteiger partial charge in [0.2, 0.25) is 5.91 Å². The van der Waals surface area contributed by atoms with Gasteiger partial charge in [-0.25, -0.2) is 0 Å². The summed E-state index contributed by atoms with van der Waals surface area (Å²) in [6.45, 7) is 5.74. The largest absolute Gasteiger partial charge is 0.381 e. The summed E-state index contributed by atoms with van der Waals surface area (Å²) in [7, 11) is 1.85. The van der Waals surface area contributed by atoms with E-state index in [4.69, 9.17) is 15.2 Å². The summed E-state index contributed by atoms with van der Waals surface area (Å²) in [6.07, 6.45) is 12.7. The van der Waals surface area contributed by atoms with Crippen LogP contribution in [-0.4, -0.2) is 81.8 Å². The Bertz CT molecular complexity index is 585. The topological polar surface area (TPSA) is 101 Å². The smallest absolute Gasteiger partial charge is 0.221 e. The number of rotatable bonds is 9. The van der Waals surface area contributed by atoms with Crippen LogP contribution in [0.1, 0.15) is 64.2 Å². The highest BCUT2D eigenvalue weighted by atomic mass is 16.5. The van der Waals surface area contributed by atoms with Gasteiger partial charge in [0, 0.05) is 39.3 Å². The molecular weight excluding hydrogens is 418 g/mol. The highest BCUT2D eigenvalue weighted by Gasteiger charge is 2.32. The number of likely N-dealkylation sites (tertiary alicyclic amines) is 1. The number of methoxy groups -OCH3 is 1. The van der Waals surface area contributed by atoms with Crippen LogP contribution in [0.2, 0.25) is 0 Å². The molecule has 33 heavy (non-hydrogen) atoms. The van der Waals surface area contributed by atoms with Crippen molar-refractivity contribution in [1.82, 2.24) is 20.9 Å². The maximum Gasteiger partial charge on any atom is 0.221 e. The van der Waals surface area contributed by atoms with Crippen LogP contribution in [0.25, 0.3) is 0 Å². The molecule has 2 aliphatic carbocycles. The number of nitrogens with zero attached hydrogens (tertiary/aromatic N) is 1. The number of nitrogens with one attached hydrogen (secondary N) is 3. The lowest BCUT2D eigenvalue weighted by Gasteiger charge is -2.40. The highest BCUT2D eigenvalue weighted by molar-refractivity contribution is 5.76. The lowest BCUT2D eigenvalue weighted by atomic mass is 9.78. The van der Waals surface area contributed by atoms with Crippen molar-refractivity contribution < 1.29 is 14.3 Å². The molecular formula is C25H47N5O3. The Hall–Kier alpha value is -0.770. The van der Waals surface area contributed by atoms with Gasteiger partial charge < -0.3 is 20.1 Å². The second-order valence-electron chi connectivity index (χ2n) is 10.8. The predicted octanol–water partition coefficient (Wildman–Crippen LogP) is 1.40. The van der Waals surface area contributed by atoms with Crippen LogP contribution >= 0.6 is 0 Å². The van der Waals surface area contributed by atoms with E-state index in [9.17, 15) is 4.79 Å². The average Bonchev–Trinajstić information content (AvgIpc) is 2.86. The first-order chi connectivity index (χ1) is 16.1. The predicted molar refractivity (Wildman–Crippen MR) is 130 cm³/mol. The van der Waals surface area contributed by atoms with E-state index in [1.54, 1.807) is 0 Å². The molecule has 4 aliphatic rings. The first-order valence-electron chi connectivity index (χ1n) is 13.5. The monoisotopic (exact) mass is 465 g/mol. The third kappa shape index (κ3) is 7.61. The molecule has 0 bridgehead atoms. The molecule has 0 radical (unpaired) electrons. The number of ether oxygens (including phenoxy) is 2. The van der Waals surface area contributed by atoms with Crippen LogP contribution in [0.4, 0.5) is 0 Å². The third-order valence-corrected chi connectivity index (χ3v) is 8.63. The van der Waals surface area contributed by atoms with Crippen molar-refractivity contribution in [2.45, 2.75) is 88.7 Å². The summed E-state index contributed by atoms with van der Waals surface area (Å²) in [6, 6.07) is 0.557. The van der Waals surface area contributed by atoms with Crippen molar-refractivity contribution in [3.8, 4) is 0 Å². The highest BCUT2D eigenvalue weighted by Crippen LogP contribution is 2.32. The number of primary amides is 1. The number of hydrogen-bond donors (Lipinski definition) is 4. The molecule has 1 atom stereocenters. The Kier molecular flexibility index (Phi) is 9.82. The molecule has 0 spiro atoms. The van der Waals surface area contributed by atoms with Crippen molar-refractivity contribution in [2.75, 3.05) is 46.4 Å². The van der Waals surface area contributed by atoms with Gasteiger partial charge in [0.15, 0.2) is 0 Å². The number of carbonyl (C=O) groups excluding carboxylic acids is 1. The molecule has 4 rings (SSSR count). The van der Waals surface area contributed by atoms with Crippen molar-refractivity contribution in [3.05, 3.63) is 0 Å². The Balaban J connectivity index is 1.06. The maximum absolute atomic E-state index is 11.4. The summed E-state index contributed by atoms with van der Waals surface area (Å²) < 4.78 is 11.7. The lowest BCUT2D eigenvalue weighted by molar-refractivity contribution is -0.123. The number of piperidine rings is 1. The normalized spacial score (nSPS) is 38.8. The van der Waals surface area contributed by atoms with Crippen molar-refractivity contribution >= 4 is 5.91 Å². The molecule has 4 fully saturated rings. The van der Waals surface area contributed by atoms with Crippen LogP contribution in [-0.2, 0) is 14.3 Å². The minimum atomic E-state index is -0.155. The minimum absolute atomic E-state index is 0.0169. The zero-order valence-corrected chi connectivity index (χ0v) is 20.6. The molecule has 8 heteroatoms. The van der Waals surface area contributed by atoms with Crippen LogP contribution in [0, 0.1) is 17.8 Å². The molecule has 8 nitrogen and oxygen atoms in total. The van der Waals surface area contributed by atoms with Gasteiger partial charge in [-0.05, 0) is 82.6 Å². The second-order valence-corrected chi connectivity index (χ2v) is 10.8. The van der Waals surface area contributed by atoms with E-state index >= 15 is 0 Å². The first-order valence-corrected chi connectivity index (χ1v) is 13.5. The number of carbonyl (C=O) groups is 1. The van der Waals surface area contributed by atoms with Crippen LogP contribution in [0.3, 0.4) is 0 Å². The summed E-state index contributed by atoms with van der Waals surface area (Å²) >= 11 is 0. The van der Waals surface area contributed by atoms with E-state index in [1.807, 2.05) is 7.11 Å². The van der Waals surface area contributed by atoms with E-state index in [0.717, 1.165) is 76.8 Å². The molecule has 0 aromatic rings. The number of hydrogen-bond acceptors (Lipinski definition) is 7. The summed E-state index contributed by atoms with van der Waals surface area (Å²) in [5.41, 5.74) is 5.49. The Morgan fingerprint density at radius 3 is 2.33 bits per heavy atom. The fraction of sp³-hybridized carbons (Fsp3) is 0.960.